The summed E-state index contributed by atoms with van der Waals surface area (Å²) in [4.78, 5) is 18.4. The second kappa shape index (κ2) is 3.98. The third-order valence-corrected chi connectivity index (χ3v) is 0.978. The topological polar surface area (TPSA) is 72.8 Å². The fourth-order valence-corrected chi connectivity index (χ4v) is 0.508. The quantitative estimate of drug-likeness (QED) is 0.282. The molecule has 10 heavy (non-hydrogen) atoms. The molecule has 0 saturated heterocycles. The van der Waals surface area contributed by atoms with Crippen molar-refractivity contribution in [3.8, 4) is 0 Å². The molecule has 6 heteroatoms. The van der Waals surface area contributed by atoms with E-state index in [1.165, 1.54) is 0 Å². The molecule has 0 aromatic heterocycles. The first-order valence-corrected chi connectivity index (χ1v) is 3.32. The van der Waals surface area contributed by atoms with E-state index in [4.69, 9.17) is 4.89 Å². The van der Waals surface area contributed by atoms with Gasteiger partial charge in [-0.15, -0.1) is 4.89 Å². The Labute approximate surface area is 58.2 Å². The van der Waals surface area contributed by atoms with Crippen LogP contribution in [0.1, 0.15) is 0 Å². The average Bonchev–Trinajstić information content (AvgIpc) is 1.85. The van der Waals surface area contributed by atoms with Gasteiger partial charge in [-0.3, -0.25) is 0 Å². The van der Waals surface area contributed by atoms with Crippen molar-refractivity contribution < 1.29 is 23.5 Å². The van der Waals surface area contributed by atoms with E-state index in [1.807, 2.05) is 0 Å². The monoisotopic (exact) mass is 165 g/mol. The van der Waals surface area contributed by atoms with E-state index in [0.29, 0.717) is 0 Å². The standard InChI is InChI=1S/C4H5O5P/c1-3(4(5)8-2)9-10(6)7/h1H2,2H3/p+1. The van der Waals surface area contributed by atoms with E-state index in [2.05, 4.69) is 15.8 Å². The zero-order valence-electron chi connectivity index (χ0n) is 5.23. The van der Waals surface area contributed by atoms with Gasteiger partial charge in [0.2, 0.25) is 0 Å². The Kier molecular flexibility index (Phi) is 3.61. The van der Waals surface area contributed by atoms with Crippen molar-refractivity contribution in [3.63, 3.8) is 0 Å². The molecule has 0 aromatic rings. The Morgan fingerprint density at radius 1 is 1.70 bits per heavy atom. The second-order valence-corrected chi connectivity index (χ2v) is 1.90. The number of rotatable bonds is 3. The molecule has 0 aliphatic carbocycles. The third-order valence-electron chi connectivity index (χ3n) is 0.601. The van der Waals surface area contributed by atoms with Crippen molar-refractivity contribution in [3.05, 3.63) is 12.3 Å². The zero-order valence-corrected chi connectivity index (χ0v) is 6.13. The maximum atomic E-state index is 10.4. The summed E-state index contributed by atoms with van der Waals surface area (Å²) in [5, 5.41) is 0. The summed E-state index contributed by atoms with van der Waals surface area (Å²) in [5.41, 5.74) is 0. The lowest BCUT2D eigenvalue weighted by Gasteiger charge is -1.92. The SMILES string of the molecule is C=C(O[P+](=O)O)C(=O)OC. The van der Waals surface area contributed by atoms with Crippen LogP contribution in [0.2, 0.25) is 0 Å². The van der Waals surface area contributed by atoms with Crippen molar-refractivity contribution in [2.45, 2.75) is 0 Å². The molecule has 0 spiro atoms. The first kappa shape index (κ1) is 9.07. The number of ether oxygens (including phenoxy) is 1. The maximum absolute atomic E-state index is 10.4. The fourth-order valence-electron chi connectivity index (χ4n) is 0.245. The number of hydrogen-bond donors (Lipinski definition) is 1. The van der Waals surface area contributed by atoms with Crippen LogP contribution < -0.4 is 0 Å². The lowest BCUT2D eigenvalue weighted by Crippen LogP contribution is -2.03. The molecule has 1 atom stereocenters. The molecule has 0 heterocycles. The summed E-state index contributed by atoms with van der Waals surface area (Å²) in [6.45, 7) is 3.03. The number of methoxy groups -OCH3 is 1. The minimum atomic E-state index is -2.83. The van der Waals surface area contributed by atoms with Crippen LogP contribution in [0.3, 0.4) is 0 Å². The van der Waals surface area contributed by atoms with Crippen molar-refractivity contribution >= 4 is 14.2 Å². The summed E-state index contributed by atoms with van der Waals surface area (Å²) in [6, 6.07) is 0. The first-order chi connectivity index (χ1) is 4.57. The van der Waals surface area contributed by atoms with Gasteiger partial charge in [-0.2, -0.15) is 0 Å². The Balaban J connectivity index is 3.86. The molecular formula is C4H6O5P+. The lowest BCUT2D eigenvalue weighted by atomic mass is 10.6. The molecule has 0 aromatic carbocycles. The van der Waals surface area contributed by atoms with E-state index >= 15 is 0 Å². The molecular weight excluding hydrogens is 159 g/mol. The van der Waals surface area contributed by atoms with E-state index < -0.39 is 20.0 Å². The highest BCUT2D eigenvalue weighted by molar-refractivity contribution is 7.32. The van der Waals surface area contributed by atoms with Crippen LogP contribution in [0.15, 0.2) is 12.3 Å². The van der Waals surface area contributed by atoms with Gasteiger partial charge in [0.25, 0.3) is 5.76 Å². The predicted octanol–water partition coefficient (Wildman–Crippen LogP) is 0.339. The smallest absolute Gasteiger partial charge is 0.463 e. The number of carbonyl (C=O) groups excluding carboxylic acids is 1. The van der Waals surface area contributed by atoms with Gasteiger partial charge in [0.1, 0.15) is 0 Å². The van der Waals surface area contributed by atoms with Crippen LogP contribution in [0.4, 0.5) is 0 Å². The lowest BCUT2D eigenvalue weighted by molar-refractivity contribution is -0.138. The Bertz CT molecular complexity index is 174. The van der Waals surface area contributed by atoms with Crippen molar-refractivity contribution in [1.29, 1.82) is 0 Å². The van der Waals surface area contributed by atoms with Gasteiger partial charge in [0.05, 0.1) is 7.11 Å². The zero-order chi connectivity index (χ0) is 8.15. The average molecular weight is 165 g/mol. The largest absolute Gasteiger partial charge is 0.747 e. The van der Waals surface area contributed by atoms with Crippen LogP contribution in [-0.2, 0) is 18.6 Å². The highest BCUT2D eigenvalue weighted by Gasteiger charge is 2.21. The number of esters is 1. The van der Waals surface area contributed by atoms with Crippen LogP contribution >= 0.6 is 8.25 Å². The molecule has 0 saturated carbocycles. The molecule has 0 bridgehead atoms. The molecule has 0 aliphatic rings. The summed E-state index contributed by atoms with van der Waals surface area (Å²) >= 11 is 0. The third kappa shape index (κ3) is 3.17. The van der Waals surface area contributed by atoms with E-state index in [9.17, 15) is 9.36 Å². The Hall–Kier alpha value is -0.930. The molecule has 56 valence electrons. The van der Waals surface area contributed by atoms with Crippen LogP contribution in [0.5, 0.6) is 0 Å². The van der Waals surface area contributed by atoms with Crippen LogP contribution in [0, 0.1) is 0 Å². The first-order valence-electron chi connectivity index (χ1n) is 2.19. The van der Waals surface area contributed by atoms with Crippen molar-refractivity contribution in [2.24, 2.45) is 0 Å². The molecule has 5 nitrogen and oxygen atoms in total. The van der Waals surface area contributed by atoms with Crippen LogP contribution in [0.25, 0.3) is 0 Å². The molecule has 0 amide bonds. The minimum absolute atomic E-state index is 0.480. The van der Waals surface area contributed by atoms with Crippen molar-refractivity contribution in [1.82, 2.24) is 0 Å². The van der Waals surface area contributed by atoms with Gasteiger partial charge in [-0.05, 0) is 6.58 Å². The minimum Gasteiger partial charge on any atom is -0.463 e. The van der Waals surface area contributed by atoms with Gasteiger partial charge in [0.15, 0.2) is 0 Å². The highest BCUT2D eigenvalue weighted by Crippen LogP contribution is 2.19. The van der Waals surface area contributed by atoms with E-state index in [1.54, 1.807) is 0 Å². The van der Waals surface area contributed by atoms with Gasteiger partial charge < -0.3 is 4.74 Å². The van der Waals surface area contributed by atoms with Gasteiger partial charge >= 0.3 is 14.2 Å². The molecule has 0 aliphatic heterocycles. The van der Waals surface area contributed by atoms with Gasteiger partial charge in [-0.1, -0.05) is 0 Å². The normalized spacial score (nSPS) is 10.0. The van der Waals surface area contributed by atoms with Crippen LogP contribution in [-0.4, -0.2) is 18.0 Å². The summed E-state index contributed by atoms with van der Waals surface area (Å²) in [5.74, 6) is -1.34. The summed E-state index contributed by atoms with van der Waals surface area (Å²) in [7, 11) is -1.72. The van der Waals surface area contributed by atoms with E-state index in [-0.39, 0.29) is 0 Å². The number of hydrogen-bond acceptors (Lipinski definition) is 4. The van der Waals surface area contributed by atoms with Crippen molar-refractivity contribution in [2.75, 3.05) is 7.11 Å². The second-order valence-electron chi connectivity index (χ2n) is 1.24. The molecule has 0 radical (unpaired) electrons. The fraction of sp³-hybridized carbons (Fsp3) is 0.250. The molecule has 1 unspecified atom stereocenters. The predicted molar refractivity (Wildman–Crippen MR) is 32.1 cm³/mol. The highest BCUT2D eigenvalue weighted by atomic mass is 31.1. The molecule has 0 rings (SSSR count). The number of carbonyl (C=O) groups is 1. The molecule has 1 N–H and O–H groups in total. The van der Waals surface area contributed by atoms with Gasteiger partial charge in [0, 0.05) is 4.57 Å². The molecule has 0 fully saturated rings. The van der Waals surface area contributed by atoms with Gasteiger partial charge in [-0.25, -0.2) is 9.32 Å². The van der Waals surface area contributed by atoms with E-state index in [0.717, 1.165) is 7.11 Å². The Morgan fingerprint density at radius 3 is 2.50 bits per heavy atom. The summed E-state index contributed by atoms with van der Waals surface area (Å²) < 4.78 is 18.0. The summed E-state index contributed by atoms with van der Waals surface area (Å²) in [6.07, 6.45) is 0. The Morgan fingerprint density at radius 2 is 2.20 bits per heavy atom. The maximum Gasteiger partial charge on any atom is 0.747 e.